The van der Waals surface area contributed by atoms with Gasteiger partial charge in [-0.3, -0.25) is 4.90 Å². The molecule has 3 rings (SSSR count). The highest BCUT2D eigenvalue weighted by Gasteiger charge is 2.39. The summed E-state index contributed by atoms with van der Waals surface area (Å²) in [6, 6.07) is 6.36. The minimum absolute atomic E-state index is 0.583. The fraction of sp³-hybridized carbons (Fsp3) is 0.429. The van der Waals surface area contributed by atoms with Gasteiger partial charge in [-0.1, -0.05) is 28.1 Å². The van der Waals surface area contributed by atoms with Gasteiger partial charge in [-0.2, -0.15) is 15.4 Å². The van der Waals surface area contributed by atoms with E-state index >= 15 is 0 Å². The number of aryl methyl sites for hydroxylation is 1. The number of rotatable bonds is 3. The Labute approximate surface area is 126 Å². The number of benzene rings is 1. The smallest absolute Gasteiger partial charge is 0.124 e. The van der Waals surface area contributed by atoms with Crippen molar-refractivity contribution in [2.75, 3.05) is 13.1 Å². The summed E-state index contributed by atoms with van der Waals surface area (Å²) in [5, 5.41) is 21.0. The van der Waals surface area contributed by atoms with Gasteiger partial charge < -0.3 is 5.11 Å². The third kappa shape index (κ3) is 2.63. The maximum absolute atomic E-state index is 10.6. The molecule has 20 heavy (non-hydrogen) atoms. The summed E-state index contributed by atoms with van der Waals surface area (Å²) in [5.41, 5.74) is 2.22. The predicted molar refractivity (Wildman–Crippen MR) is 79.1 cm³/mol. The third-order valence-electron chi connectivity index (χ3n) is 3.82. The van der Waals surface area contributed by atoms with Crippen LogP contribution in [0.3, 0.4) is 0 Å². The second-order valence-corrected chi connectivity index (χ2v) is 6.30. The van der Waals surface area contributed by atoms with Gasteiger partial charge in [0.1, 0.15) is 11.3 Å². The van der Waals surface area contributed by atoms with E-state index in [4.69, 9.17) is 0 Å². The second kappa shape index (κ2) is 5.27. The number of H-pyrrole nitrogens is 1. The molecule has 1 aromatic heterocycles. The van der Waals surface area contributed by atoms with Crippen molar-refractivity contribution in [1.29, 1.82) is 0 Å². The van der Waals surface area contributed by atoms with Crippen LogP contribution in [0.2, 0.25) is 0 Å². The van der Waals surface area contributed by atoms with E-state index in [1.54, 1.807) is 6.20 Å². The largest absolute Gasteiger partial charge is 0.382 e. The Hall–Kier alpha value is -1.24. The van der Waals surface area contributed by atoms with Crippen LogP contribution in [0.15, 0.2) is 28.9 Å². The van der Waals surface area contributed by atoms with Crippen LogP contribution in [-0.2, 0) is 12.1 Å². The van der Waals surface area contributed by atoms with Crippen molar-refractivity contribution in [3.8, 4) is 0 Å². The van der Waals surface area contributed by atoms with Gasteiger partial charge in [0, 0.05) is 24.1 Å². The number of β-amino-alcohol motifs (C(OH)–C–C–N with tert-alkyl or cyclic N) is 1. The van der Waals surface area contributed by atoms with E-state index in [0.717, 1.165) is 17.6 Å². The number of likely N-dealkylation sites (tertiary alicyclic amines) is 1. The van der Waals surface area contributed by atoms with Gasteiger partial charge in [-0.15, -0.1) is 0 Å². The molecule has 0 saturated carbocycles. The fourth-order valence-corrected chi connectivity index (χ4v) is 3.28. The van der Waals surface area contributed by atoms with Gasteiger partial charge in [0.15, 0.2) is 0 Å². The molecule has 1 aliphatic heterocycles. The highest BCUT2D eigenvalue weighted by atomic mass is 79.9. The third-order valence-corrected chi connectivity index (χ3v) is 4.56. The van der Waals surface area contributed by atoms with E-state index in [1.807, 2.05) is 0 Å². The molecule has 106 valence electrons. The van der Waals surface area contributed by atoms with E-state index in [-0.39, 0.29) is 0 Å². The van der Waals surface area contributed by atoms with Gasteiger partial charge in [-0.25, -0.2) is 0 Å². The van der Waals surface area contributed by atoms with E-state index in [1.165, 1.54) is 11.1 Å². The molecule has 0 radical (unpaired) electrons. The van der Waals surface area contributed by atoms with Crippen molar-refractivity contribution in [2.24, 2.45) is 0 Å². The molecule has 1 atom stereocenters. The van der Waals surface area contributed by atoms with Crippen LogP contribution in [0.5, 0.6) is 0 Å². The van der Waals surface area contributed by atoms with E-state index < -0.39 is 5.60 Å². The maximum Gasteiger partial charge on any atom is 0.124 e. The fourth-order valence-electron chi connectivity index (χ4n) is 2.66. The summed E-state index contributed by atoms with van der Waals surface area (Å²) >= 11 is 3.61. The van der Waals surface area contributed by atoms with Crippen LogP contribution in [0.25, 0.3) is 0 Å². The molecule has 0 aliphatic carbocycles. The van der Waals surface area contributed by atoms with Gasteiger partial charge in [0.2, 0.25) is 0 Å². The molecule has 6 heteroatoms. The van der Waals surface area contributed by atoms with Gasteiger partial charge in [0.05, 0.1) is 6.20 Å². The Balaban J connectivity index is 1.72. The van der Waals surface area contributed by atoms with Crippen LogP contribution < -0.4 is 0 Å². The molecule has 0 amide bonds. The van der Waals surface area contributed by atoms with Crippen LogP contribution in [0, 0.1) is 6.92 Å². The average Bonchev–Trinajstić information content (AvgIpc) is 3.03. The van der Waals surface area contributed by atoms with Crippen molar-refractivity contribution in [1.82, 2.24) is 20.3 Å². The van der Waals surface area contributed by atoms with E-state index in [0.29, 0.717) is 18.7 Å². The zero-order valence-electron chi connectivity index (χ0n) is 11.3. The lowest BCUT2D eigenvalue weighted by Crippen LogP contribution is -2.31. The lowest BCUT2D eigenvalue weighted by Gasteiger charge is -2.21. The monoisotopic (exact) mass is 336 g/mol. The van der Waals surface area contributed by atoms with Gasteiger partial charge >= 0.3 is 0 Å². The number of nitrogens with zero attached hydrogens (tertiary/aromatic N) is 3. The molecule has 1 unspecified atom stereocenters. The molecule has 1 aromatic carbocycles. The highest BCUT2D eigenvalue weighted by molar-refractivity contribution is 9.10. The number of hydrogen-bond acceptors (Lipinski definition) is 4. The molecule has 2 heterocycles. The molecule has 1 aliphatic rings. The topological polar surface area (TPSA) is 65.0 Å². The summed E-state index contributed by atoms with van der Waals surface area (Å²) in [6.45, 7) is 4.33. The van der Waals surface area contributed by atoms with E-state index in [9.17, 15) is 5.11 Å². The molecule has 0 spiro atoms. The quantitative estimate of drug-likeness (QED) is 0.899. The minimum atomic E-state index is -0.885. The minimum Gasteiger partial charge on any atom is -0.382 e. The highest BCUT2D eigenvalue weighted by Crippen LogP contribution is 2.31. The zero-order chi connectivity index (χ0) is 14.2. The maximum atomic E-state index is 10.6. The van der Waals surface area contributed by atoms with Crippen molar-refractivity contribution in [3.63, 3.8) is 0 Å². The number of hydrogen-bond donors (Lipinski definition) is 2. The summed E-state index contributed by atoms with van der Waals surface area (Å²) < 4.78 is 1.12. The molecule has 2 aromatic rings. The molecule has 1 saturated heterocycles. The van der Waals surface area contributed by atoms with Crippen molar-refractivity contribution in [3.05, 3.63) is 45.7 Å². The molecule has 5 nitrogen and oxygen atoms in total. The van der Waals surface area contributed by atoms with Crippen molar-refractivity contribution >= 4 is 15.9 Å². The Kier molecular flexibility index (Phi) is 3.62. The summed E-state index contributed by atoms with van der Waals surface area (Å²) in [6.07, 6.45) is 2.29. The molecular weight excluding hydrogens is 320 g/mol. The second-order valence-electron chi connectivity index (χ2n) is 5.44. The Bertz CT molecular complexity index is 601. The van der Waals surface area contributed by atoms with E-state index in [2.05, 4.69) is 61.4 Å². The van der Waals surface area contributed by atoms with Crippen LogP contribution >= 0.6 is 15.9 Å². The van der Waals surface area contributed by atoms with Crippen molar-refractivity contribution < 1.29 is 5.11 Å². The summed E-state index contributed by atoms with van der Waals surface area (Å²) in [5.74, 6) is 0. The Morgan fingerprint density at radius 3 is 3.05 bits per heavy atom. The van der Waals surface area contributed by atoms with Crippen molar-refractivity contribution in [2.45, 2.75) is 25.5 Å². The molecular formula is C14H17BrN4O. The van der Waals surface area contributed by atoms with Crippen LogP contribution in [-0.4, -0.2) is 38.5 Å². The van der Waals surface area contributed by atoms with Crippen LogP contribution in [0.1, 0.15) is 23.2 Å². The van der Waals surface area contributed by atoms with Gasteiger partial charge in [0.25, 0.3) is 0 Å². The lowest BCUT2D eigenvalue weighted by molar-refractivity contribution is 0.0408. The average molecular weight is 337 g/mol. The van der Waals surface area contributed by atoms with Gasteiger partial charge in [-0.05, 0) is 30.5 Å². The number of aromatic nitrogens is 3. The SMILES string of the molecule is Cc1ccc(CN2CCC(O)(c3cn[nH]n3)C2)c(Br)c1. The first kappa shape index (κ1) is 13.7. The molecule has 2 N–H and O–H groups in total. The normalized spacial score (nSPS) is 23.4. The predicted octanol–water partition coefficient (Wildman–Crippen LogP) is 1.97. The van der Waals surface area contributed by atoms with Crippen LogP contribution in [0.4, 0.5) is 0 Å². The zero-order valence-corrected chi connectivity index (χ0v) is 12.9. The number of halogens is 1. The standard InChI is InChI=1S/C14H17BrN4O/c1-10-2-3-11(12(15)6-10)8-19-5-4-14(20,9-19)13-7-16-18-17-13/h2-3,6-7,20H,4-5,8-9H2,1H3,(H,16,17,18). The summed E-state index contributed by atoms with van der Waals surface area (Å²) in [7, 11) is 0. The number of nitrogens with one attached hydrogen (secondary N) is 1. The Morgan fingerprint density at radius 1 is 1.50 bits per heavy atom. The first-order chi connectivity index (χ1) is 9.57. The number of aromatic amines is 1. The molecule has 0 bridgehead atoms. The Morgan fingerprint density at radius 2 is 2.35 bits per heavy atom. The summed E-state index contributed by atoms with van der Waals surface area (Å²) in [4.78, 5) is 2.24. The number of aliphatic hydroxyl groups is 1. The first-order valence-corrected chi connectivity index (χ1v) is 7.42. The first-order valence-electron chi connectivity index (χ1n) is 6.63. The molecule has 1 fully saturated rings. The lowest BCUT2D eigenvalue weighted by atomic mass is 10.00.